The van der Waals surface area contributed by atoms with Gasteiger partial charge in [0, 0.05) is 19.2 Å². The summed E-state index contributed by atoms with van der Waals surface area (Å²) in [7, 11) is 0. The monoisotopic (exact) mass is 282 g/mol. The molecule has 0 bridgehead atoms. The average Bonchev–Trinajstić information content (AvgIpc) is 2.42. The highest BCUT2D eigenvalue weighted by atomic mass is 16.6. The maximum Gasteiger partial charge on any atom is 0.282 e. The van der Waals surface area contributed by atoms with Gasteiger partial charge in [0.05, 0.1) is 11.5 Å². The van der Waals surface area contributed by atoms with Crippen molar-refractivity contribution in [1.82, 2.24) is 4.90 Å². The van der Waals surface area contributed by atoms with Crippen molar-refractivity contribution in [3.63, 3.8) is 0 Å². The van der Waals surface area contributed by atoms with Crippen LogP contribution in [0, 0.1) is 10.1 Å². The number of aliphatic hydroxyl groups excluding tert-OH is 1. The van der Waals surface area contributed by atoms with Crippen LogP contribution in [-0.4, -0.2) is 45.6 Å². The highest BCUT2D eigenvalue weighted by Crippen LogP contribution is 2.24. The van der Waals surface area contributed by atoms with Gasteiger partial charge in [-0.25, -0.2) is 0 Å². The van der Waals surface area contributed by atoms with Crippen LogP contribution in [-0.2, 0) is 0 Å². The Morgan fingerprint density at radius 2 is 2.10 bits per heavy atom. The first-order valence-electron chi connectivity index (χ1n) is 6.38. The number of carbonyl (C=O) groups is 1. The van der Waals surface area contributed by atoms with Gasteiger partial charge >= 0.3 is 0 Å². The van der Waals surface area contributed by atoms with Crippen LogP contribution in [0.15, 0.2) is 18.2 Å². The first-order valence-corrected chi connectivity index (χ1v) is 6.38. The number of unbranched alkanes of at least 4 members (excludes halogenated alkanes) is 1. The largest absolute Gasteiger partial charge is 0.508 e. The molecule has 0 unspecified atom stereocenters. The molecule has 0 saturated carbocycles. The van der Waals surface area contributed by atoms with E-state index in [0.29, 0.717) is 6.54 Å². The molecule has 0 aromatic heterocycles. The number of nitro groups is 1. The molecule has 7 heteroatoms. The normalized spacial score (nSPS) is 10.3. The Morgan fingerprint density at radius 3 is 2.65 bits per heavy atom. The second-order valence-electron chi connectivity index (χ2n) is 4.33. The van der Waals surface area contributed by atoms with Gasteiger partial charge in [0.2, 0.25) is 0 Å². The van der Waals surface area contributed by atoms with Gasteiger partial charge in [0.25, 0.3) is 11.6 Å². The Bertz CT molecular complexity index is 490. The van der Waals surface area contributed by atoms with E-state index < -0.39 is 10.8 Å². The van der Waals surface area contributed by atoms with E-state index in [9.17, 15) is 20.0 Å². The van der Waals surface area contributed by atoms with Gasteiger partial charge in [-0.05, 0) is 18.6 Å². The lowest BCUT2D eigenvalue weighted by Crippen LogP contribution is -2.34. The third-order valence-corrected chi connectivity index (χ3v) is 2.85. The summed E-state index contributed by atoms with van der Waals surface area (Å²) >= 11 is 0. The van der Waals surface area contributed by atoms with Crippen LogP contribution in [0.1, 0.15) is 30.1 Å². The minimum atomic E-state index is -0.663. The van der Waals surface area contributed by atoms with E-state index in [1.807, 2.05) is 6.92 Å². The summed E-state index contributed by atoms with van der Waals surface area (Å²) in [6, 6.07) is 3.34. The first kappa shape index (κ1) is 15.9. The van der Waals surface area contributed by atoms with Crippen molar-refractivity contribution in [3.05, 3.63) is 33.9 Å². The predicted octanol–water partition coefficient (Wildman–Crippen LogP) is 1.54. The molecule has 7 nitrogen and oxygen atoms in total. The number of amides is 1. The number of phenols is 1. The van der Waals surface area contributed by atoms with Crippen molar-refractivity contribution in [1.29, 1.82) is 0 Å². The van der Waals surface area contributed by atoms with Crippen LogP contribution in [0.3, 0.4) is 0 Å². The molecule has 0 aliphatic carbocycles. The van der Waals surface area contributed by atoms with Crippen molar-refractivity contribution in [3.8, 4) is 5.75 Å². The molecule has 0 spiro atoms. The SMILES string of the molecule is CCCCN(CCO)C(=O)c1cc(O)ccc1[N+](=O)[O-]. The fourth-order valence-electron chi connectivity index (χ4n) is 1.81. The first-order chi connectivity index (χ1) is 9.51. The molecule has 1 rings (SSSR count). The summed E-state index contributed by atoms with van der Waals surface area (Å²) in [6.07, 6.45) is 1.59. The lowest BCUT2D eigenvalue weighted by atomic mass is 10.1. The second kappa shape index (κ2) is 7.44. The molecule has 2 N–H and O–H groups in total. The minimum Gasteiger partial charge on any atom is -0.508 e. The molecule has 1 amide bonds. The molecule has 0 aliphatic rings. The van der Waals surface area contributed by atoms with Crippen molar-refractivity contribution in [2.75, 3.05) is 19.7 Å². The Balaban J connectivity index is 3.09. The maximum absolute atomic E-state index is 12.3. The molecule has 1 aromatic rings. The second-order valence-corrected chi connectivity index (χ2v) is 4.33. The zero-order chi connectivity index (χ0) is 15.1. The molecule has 0 fully saturated rings. The van der Waals surface area contributed by atoms with E-state index >= 15 is 0 Å². The smallest absolute Gasteiger partial charge is 0.282 e. The number of hydrogen-bond acceptors (Lipinski definition) is 5. The van der Waals surface area contributed by atoms with Gasteiger partial charge < -0.3 is 15.1 Å². The van der Waals surface area contributed by atoms with Crippen molar-refractivity contribution < 1.29 is 19.9 Å². The molecule has 0 radical (unpaired) electrons. The number of rotatable bonds is 7. The Hall–Kier alpha value is -2.15. The fraction of sp³-hybridized carbons (Fsp3) is 0.462. The van der Waals surface area contributed by atoms with Gasteiger partial charge in [-0.2, -0.15) is 0 Å². The number of aliphatic hydroxyl groups is 1. The van der Waals surface area contributed by atoms with Crippen LogP contribution in [0.5, 0.6) is 5.75 Å². The highest BCUT2D eigenvalue weighted by Gasteiger charge is 2.24. The van der Waals surface area contributed by atoms with E-state index in [1.165, 1.54) is 4.90 Å². The number of phenolic OH excluding ortho intramolecular Hbond substituents is 1. The molecule has 0 saturated heterocycles. The topological polar surface area (TPSA) is 104 Å². The number of hydrogen-bond donors (Lipinski definition) is 2. The zero-order valence-electron chi connectivity index (χ0n) is 11.3. The van der Waals surface area contributed by atoms with Gasteiger partial charge in [-0.1, -0.05) is 13.3 Å². The quantitative estimate of drug-likeness (QED) is 0.583. The van der Waals surface area contributed by atoms with Crippen LogP contribution >= 0.6 is 0 Å². The van der Waals surface area contributed by atoms with Crippen molar-refractivity contribution in [2.24, 2.45) is 0 Å². The lowest BCUT2D eigenvalue weighted by molar-refractivity contribution is -0.385. The van der Waals surface area contributed by atoms with E-state index in [2.05, 4.69) is 0 Å². The molecule has 1 aromatic carbocycles. The molecule has 0 atom stereocenters. The summed E-state index contributed by atoms with van der Waals surface area (Å²) in [5, 5.41) is 29.3. The molecule has 20 heavy (non-hydrogen) atoms. The molecule has 0 heterocycles. The Kier molecular flexibility index (Phi) is 5.92. The van der Waals surface area contributed by atoms with E-state index in [4.69, 9.17) is 5.11 Å². The number of nitro benzene ring substituents is 1. The molecular weight excluding hydrogens is 264 g/mol. The van der Waals surface area contributed by atoms with Crippen LogP contribution in [0.2, 0.25) is 0 Å². The minimum absolute atomic E-state index is 0.103. The third-order valence-electron chi connectivity index (χ3n) is 2.85. The van der Waals surface area contributed by atoms with Crippen LogP contribution in [0.4, 0.5) is 5.69 Å². The summed E-state index contributed by atoms with van der Waals surface area (Å²) in [5.74, 6) is -0.770. The predicted molar refractivity (Wildman–Crippen MR) is 72.7 cm³/mol. The molecular formula is C13H18N2O5. The number of nitrogens with zero attached hydrogens (tertiary/aromatic N) is 2. The van der Waals surface area contributed by atoms with Crippen LogP contribution in [0.25, 0.3) is 0 Å². The van der Waals surface area contributed by atoms with Gasteiger partial charge in [-0.15, -0.1) is 0 Å². The van der Waals surface area contributed by atoms with Gasteiger partial charge in [0.1, 0.15) is 11.3 Å². The zero-order valence-corrected chi connectivity index (χ0v) is 11.3. The van der Waals surface area contributed by atoms with Crippen LogP contribution < -0.4 is 0 Å². The van der Waals surface area contributed by atoms with Crippen molar-refractivity contribution in [2.45, 2.75) is 19.8 Å². The van der Waals surface area contributed by atoms with E-state index in [1.54, 1.807) is 0 Å². The fourth-order valence-corrected chi connectivity index (χ4v) is 1.81. The number of benzene rings is 1. The van der Waals surface area contributed by atoms with Gasteiger partial charge in [0.15, 0.2) is 0 Å². The standard InChI is InChI=1S/C13H18N2O5/c1-2-3-6-14(7-8-16)13(18)11-9-10(17)4-5-12(11)15(19)20/h4-5,9,16-17H,2-3,6-8H2,1H3. The molecule has 0 aliphatic heterocycles. The number of carbonyl (C=O) groups excluding carboxylic acids is 1. The maximum atomic E-state index is 12.3. The van der Waals surface area contributed by atoms with Gasteiger partial charge in [-0.3, -0.25) is 14.9 Å². The lowest BCUT2D eigenvalue weighted by Gasteiger charge is -2.21. The van der Waals surface area contributed by atoms with E-state index in [0.717, 1.165) is 31.0 Å². The summed E-state index contributed by atoms with van der Waals surface area (Å²) in [5.41, 5.74) is -0.521. The summed E-state index contributed by atoms with van der Waals surface area (Å²) in [6.45, 7) is 2.24. The Labute approximate surface area is 116 Å². The average molecular weight is 282 g/mol. The van der Waals surface area contributed by atoms with Crippen molar-refractivity contribution >= 4 is 11.6 Å². The molecule has 110 valence electrons. The summed E-state index contributed by atoms with van der Waals surface area (Å²) in [4.78, 5) is 23.9. The Morgan fingerprint density at radius 1 is 1.40 bits per heavy atom. The highest BCUT2D eigenvalue weighted by molar-refractivity contribution is 5.98. The third kappa shape index (κ3) is 3.92. The summed E-state index contributed by atoms with van der Waals surface area (Å²) < 4.78 is 0. The number of aromatic hydroxyl groups is 1. The van der Waals surface area contributed by atoms with E-state index in [-0.39, 0.29) is 30.2 Å².